The summed E-state index contributed by atoms with van der Waals surface area (Å²) in [7, 11) is 2.01. The first-order valence-electron chi connectivity index (χ1n) is 9.72. The number of ether oxygens (including phenoxy) is 1. The zero-order chi connectivity index (χ0) is 18.3. The third-order valence-corrected chi connectivity index (χ3v) is 6.75. The first kappa shape index (κ1) is 18.0. The molecule has 2 aromatic rings. The number of likely N-dealkylation sites (N-methyl/N-ethyl adjacent to an activating group) is 1. The molecule has 0 aliphatic carbocycles. The fourth-order valence-corrected chi connectivity index (χ4v) is 5.20. The van der Waals surface area contributed by atoms with E-state index in [1.807, 2.05) is 18.4 Å². The Kier molecular flexibility index (Phi) is 4.84. The summed E-state index contributed by atoms with van der Waals surface area (Å²) >= 11 is 1.85. The molecule has 4 atom stereocenters. The van der Waals surface area contributed by atoms with Crippen LogP contribution in [0.15, 0.2) is 35.7 Å². The maximum Gasteiger partial charge on any atom is 0.0900 e. The molecule has 1 fully saturated rings. The summed E-state index contributed by atoms with van der Waals surface area (Å²) in [5.74, 6) is 0.490. The molecule has 0 unspecified atom stereocenters. The van der Waals surface area contributed by atoms with Crippen LogP contribution in [-0.2, 0) is 10.2 Å². The SMILES string of the molecule is CNC[C@H]1CC[C@@H]2[C@H](O1)c1cc(C(C)(C)C)ccc1N[C@H]2c1cccs1. The Labute approximate surface area is 161 Å². The molecule has 140 valence electrons. The van der Waals surface area contributed by atoms with Crippen molar-refractivity contribution in [3.8, 4) is 0 Å². The van der Waals surface area contributed by atoms with E-state index >= 15 is 0 Å². The van der Waals surface area contributed by atoms with Crippen molar-refractivity contribution in [3.63, 3.8) is 0 Å². The molecule has 2 N–H and O–H groups in total. The lowest BCUT2D eigenvalue weighted by molar-refractivity contribution is -0.0908. The Bertz CT molecular complexity index is 750. The normalized spacial score (nSPS) is 28.2. The van der Waals surface area contributed by atoms with Crippen LogP contribution in [0.4, 0.5) is 5.69 Å². The van der Waals surface area contributed by atoms with Gasteiger partial charge in [-0.15, -0.1) is 11.3 Å². The highest BCUT2D eigenvalue weighted by Gasteiger charge is 2.42. The molecule has 1 saturated heterocycles. The van der Waals surface area contributed by atoms with Crippen LogP contribution in [0.2, 0.25) is 0 Å². The van der Waals surface area contributed by atoms with E-state index in [0.717, 1.165) is 13.0 Å². The minimum absolute atomic E-state index is 0.147. The Morgan fingerprint density at radius 2 is 2.08 bits per heavy atom. The van der Waals surface area contributed by atoms with Gasteiger partial charge >= 0.3 is 0 Å². The monoisotopic (exact) mass is 370 g/mol. The lowest BCUT2D eigenvalue weighted by Crippen LogP contribution is -2.41. The molecule has 4 rings (SSSR count). The minimum Gasteiger partial charge on any atom is -0.377 e. The van der Waals surface area contributed by atoms with Gasteiger partial charge in [-0.25, -0.2) is 0 Å². The van der Waals surface area contributed by atoms with Crippen molar-refractivity contribution in [1.82, 2.24) is 5.32 Å². The molecule has 0 amide bonds. The van der Waals surface area contributed by atoms with Crippen LogP contribution in [-0.4, -0.2) is 19.7 Å². The third kappa shape index (κ3) is 3.30. The zero-order valence-corrected chi connectivity index (χ0v) is 17.0. The van der Waals surface area contributed by atoms with Gasteiger partial charge in [0.2, 0.25) is 0 Å². The lowest BCUT2D eigenvalue weighted by atomic mass is 9.76. The molecule has 2 aliphatic heterocycles. The van der Waals surface area contributed by atoms with Crippen LogP contribution in [0, 0.1) is 5.92 Å². The Balaban J connectivity index is 1.74. The van der Waals surface area contributed by atoms with Crippen LogP contribution >= 0.6 is 11.3 Å². The van der Waals surface area contributed by atoms with E-state index in [2.05, 4.69) is 67.1 Å². The fraction of sp³-hybridized carbons (Fsp3) is 0.545. The van der Waals surface area contributed by atoms with Crippen LogP contribution in [0.3, 0.4) is 0 Å². The quantitative estimate of drug-likeness (QED) is 0.772. The highest BCUT2D eigenvalue weighted by atomic mass is 32.1. The Hall–Kier alpha value is -1.36. The number of hydrogen-bond donors (Lipinski definition) is 2. The molecule has 26 heavy (non-hydrogen) atoms. The first-order valence-corrected chi connectivity index (χ1v) is 10.6. The van der Waals surface area contributed by atoms with E-state index in [-0.39, 0.29) is 11.5 Å². The summed E-state index contributed by atoms with van der Waals surface area (Å²) in [6, 6.07) is 11.7. The highest BCUT2D eigenvalue weighted by molar-refractivity contribution is 7.10. The van der Waals surface area contributed by atoms with Gasteiger partial charge in [0.25, 0.3) is 0 Å². The van der Waals surface area contributed by atoms with Gasteiger partial charge in [-0.3, -0.25) is 0 Å². The average Bonchev–Trinajstić information content (AvgIpc) is 3.14. The second kappa shape index (κ2) is 6.99. The molecule has 0 saturated carbocycles. The smallest absolute Gasteiger partial charge is 0.0900 e. The van der Waals surface area contributed by atoms with Crippen molar-refractivity contribution in [2.45, 2.75) is 57.3 Å². The fourth-order valence-electron chi connectivity index (χ4n) is 4.35. The van der Waals surface area contributed by atoms with E-state index in [0.29, 0.717) is 18.1 Å². The van der Waals surface area contributed by atoms with Crippen molar-refractivity contribution in [2.75, 3.05) is 18.9 Å². The van der Waals surface area contributed by atoms with E-state index < -0.39 is 0 Å². The summed E-state index contributed by atoms with van der Waals surface area (Å²) in [6.45, 7) is 7.77. The summed E-state index contributed by atoms with van der Waals surface area (Å²) in [4.78, 5) is 1.42. The molecular formula is C22H30N2OS. The van der Waals surface area contributed by atoms with Crippen molar-refractivity contribution in [3.05, 3.63) is 51.7 Å². The maximum absolute atomic E-state index is 6.66. The zero-order valence-electron chi connectivity index (χ0n) is 16.2. The highest BCUT2D eigenvalue weighted by Crippen LogP contribution is 2.51. The number of hydrogen-bond acceptors (Lipinski definition) is 4. The summed E-state index contributed by atoms with van der Waals surface area (Å²) < 4.78 is 6.66. The van der Waals surface area contributed by atoms with Crippen LogP contribution < -0.4 is 10.6 Å². The second-order valence-corrected chi connectivity index (χ2v) is 9.65. The predicted molar refractivity (Wildman–Crippen MR) is 110 cm³/mol. The topological polar surface area (TPSA) is 33.3 Å². The van der Waals surface area contributed by atoms with Crippen molar-refractivity contribution in [2.24, 2.45) is 5.92 Å². The molecule has 4 heteroatoms. The van der Waals surface area contributed by atoms with Gasteiger partial charge in [0.05, 0.1) is 18.2 Å². The number of anilines is 1. The summed E-state index contributed by atoms with van der Waals surface area (Å²) in [6.07, 6.45) is 2.80. The molecule has 0 spiro atoms. The molecule has 2 aliphatic rings. The Morgan fingerprint density at radius 1 is 1.23 bits per heavy atom. The summed E-state index contributed by atoms with van der Waals surface area (Å²) in [5, 5.41) is 9.31. The second-order valence-electron chi connectivity index (χ2n) is 8.67. The molecule has 0 bridgehead atoms. The number of nitrogens with one attached hydrogen (secondary N) is 2. The number of rotatable bonds is 3. The van der Waals surface area contributed by atoms with Gasteiger partial charge in [-0.05, 0) is 48.4 Å². The third-order valence-electron chi connectivity index (χ3n) is 5.79. The molecule has 3 nitrogen and oxygen atoms in total. The van der Waals surface area contributed by atoms with Crippen molar-refractivity contribution >= 4 is 17.0 Å². The van der Waals surface area contributed by atoms with Crippen LogP contribution in [0.5, 0.6) is 0 Å². The van der Waals surface area contributed by atoms with Crippen LogP contribution in [0.1, 0.15) is 61.8 Å². The number of fused-ring (bicyclic) bond motifs is 3. The standard InChI is InChI=1S/C22H30N2OS/c1-22(2,3)14-7-10-18-17(12-14)21-16(9-8-15(25-21)13-23-4)20(24-18)19-6-5-11-26-19/h5-7,10-12,15-16,20-21,23-24H,8-9,13H2,1-4H3/t15-,16+,20-,21+/m1/s1. The first-order chi connectivity index (χ1) is 12.5. The summed E-state index contributed by atoms with van der Waals surface area (Å²) in [5.41, 5.74) is 4.11. The van der Waals surface area contributed by atoms with Gasteiger partial charge in [0.1, 0.15) is 0 Å². The number of benzene rings is 1. The van der Waals surface area contributed by atoms with Crippen molar-refractivity contribution in [1.29, 1.82) is 0 Å². The van der Waals surface area contributed by atoms with Gasteiger partial charge < -0.3 is 15.4 Å². The van der Waals surface area contributed by atoms with E-state index in [1.165, 1.54) is 28.1 Å². The molecule has 3 heterocycles. The lowest BCUT2D eigenvalue weighted by Gasteiger charge is -2.45. The average molecular weight is 371 g/mol. The van der Waals surface area contributed by atoms with Crippen LogP contribution in [0.25, 0.3) is 0 Å². The van der Waals surface area contributed by atoms with E-state index in [1.54, 1.807) is 0 Å². The molecule has 1 aromatic carbocycles. The molecule has 0 radical (unpaired) electrons. The minimum atomic E-state index is 0.147. The number of thiophene rings is 1. The maximum atomic E-state index is 6.66. The van der Waals surface area contributed by atoms with E-state index in [9.17, 15) is 0 Å². The van der Waals surface area contributed by atoms with Gasteiger partial charge in [-0.2, -0.15) is 0 Å². The predicted octanol–water partition coefficient (Wildman–Crippen LogP) is 5.27. The Morgan fingerprint density at radius 3 is 2.77 bits per heavy atom. The van der Waals surface area contributed by atoms with E-state index in [4.69, 9.17) is 4.74 Å². The van der Waals surface area contributed by atoms with Crippen molar-refractivity contribution < 1.29 is 4.74 Å². The largest absolute Gasteiger partial charge is 0.377 e. The van der Waals surface area contributed by atoms with Gasteiger partial charge in [0, 0.05) is 28.6 Å². The molecular weight excluding hydrogens is 340 g/mol. The van der Waals surface area contributed by atoms with Gasteiger partial charge in [0.15, 0.2) is 0 Å². The van der Waals surface area contributed by atoms with Gasteiger partial charge in [-0.1, -0.05) is 39.0 Å². The molecule has 1 aromatic heterocycles.